The Morgan fingerprint density at radius 3 is 2.23 bits per heavy atom. The van der Waals surface area contributed by atoms with E-state index in [-0.39, 0.29) is 17.5 Å². The van der Waals surface area contributed by atoms with E-state index in [4.69, 9.17) is 0 Å². The summed E-state index contributed by atoms with van der Waals surface area (Å²) in [4.78, 5) is 0. The Kier molecular flexibility index (Phi) is 2.60. The van der Waals surface area contributed by atoms with Gasteiger partial charge in [-0.15, -0.1) is 0 Å². The van der Waals surface area contributed by atoms with E-state index >= 15 is 0 Å². The molecule has 1 aromatic carbocycles. The Labute approximate surface area is 78.2 Å². The van der Waals surface area contributed by atoms with Crippen LogP contribution in [0.25, 0.3) is 0 Å². The van der Waals surface area contributed by atoms with Crippen molar-refractivity contribution in [3.63, 3.8) is 0 Å². The summed E-state index contributed by atoms with van der Waals surface area (Å²) in [5.74, 6) is 0.140. The first-order chi connectivity index (χ1) is 5.95. The highest BCUT2D eigenvalue weighted by atomic mass is 19.1. The molecule has 1 aromatic rings. The molecular formula is C11H15FO. The Morgan fingerprint density at radius 2 is 1.77 bits per heavy atom. The summed E-state index contributed by atoms with van der Waals surface area (Å²) < 4.78 is 13.3. The van der Waals surface area contributed by atoms with Gasteiger partial charge in [-0.3, -0.25) is 0 Å². The maximum Gasteiger partial charge on any atom is 0.126 e. The number of phenolic OH excluding ortho intramolecular Hbond substituents is 1. The lowest BCUT2D eigenvalue weighted by Crippen LogP contribution is -1.96. The zero-order valence-electron chi connectivity index (χ0n) is 8.48. The largest absolute Gasteiger partial charge is 0.507 e. The van der Waals surface area contributed by atoms with Gasteiger partial charge < -0.3 is 5.11 Å². The van der Waals surface area contributed by atoms with E-state index in [0.29, 0.717) is 16.7 Å². The molecule has 72 valence electrons. The number of hydrogen-bond donors (Lipinski definition) is 1. The minimum Gasteiger partial charge on any atom is -0.507 e. The maximum absolute atomic E-state index is 13.3. The third-order valence-electron chi connectivity index (χ3n) is 2.45. The number of aromatic hydroxyl groups is 1. The van der Waals surface area contributed by atoms with Gasteiger partial charge >= 0.3 is 0 Å². The van der Waals surface area contributed by atoms with E-state index in [2.05, 4.69) is 0 Å². The predicted molar refractivity (Wildman–Crippen MR) is 51.6 cm³/mol. The van der Waals surface area contributed by atoms with Crippen LogP contribution in [0.2, 0.25) is 0 Å². The first-order valence-corrected chi connectivity index (χ1v) is 4.43. The van der Waals surface area contributed by atoms with Crippen LogP contribution < -0.4 is 0 Å². The summed E-state index contributed by atoms with van der Waals surface area (Å²) in [6.07, 6.45) is 0. The Balaban J connectivity index is 3.41. The number of phenols is 1. The van der Waals surface area contributed by atoms with E-state index in [1.165, 1.54) is 6.07 Å². The van der Waals surface area contributed by atoms with Crippen LogP contribution in [0.3, 0.4) is 0 Å². The van der Waals surface area contributed by atoms with Crippen LogP contribution in [0.5, 0.6) is 5.75 Å². The Morgan fingerprint density at radius 1 is 1.23 bits per heavy atom. The van der Waals surface area contributed by atoms with Crippen LogP contribution >= 0.6 is 0 Å². The molecule has 0 saturated carbocycles. The lowest BCUT2D eigenvalue weighted by molar-refractivity contribution is 0.456. The van der Waals surface area contributed by atoms with Crippen LogP contribution in [0.4, 0.5) is 4.39 Å². The zero-order valence-corrected chi connectivity index (χ0v) is 8.48. The molecule has 0 saturated heterocycles. The third-order valence-corrected chi connectivity index (χ3v) is 2.45. The Bertz CT molecular complexity index is 329. The van der Waals surface area contributed by atoms with Gasteiger partial charge in [0.15, 0.2) is 0 Å². The van der Waals surface area contributed by atoms with E-state index < -0.39 is 0 Å². The van der Waals surface area contributed by atoms with Gasteiger partial charge in [-0.2, -0.15) is 0 Å². The molecule has 0 unspecified atom stereocenters. The maximum atomic E-state index is 13.3. The molecule has 0 aliphatic heterocycles. The van der Waals surface area contributed by atoms with Crippen LogP contribution in [-0.4, -0.2) is 5.11 Å². The Hall–Kier alpha value is -1.05. The van der Waals surface area contributed by atoms with Crippen molar-refractivity contribution in [2.45, 2.75) is 33.6 Å². The number of halogens is 1. The normalized spacial score (nSPS) is 10.9. The number of benzene rings is 1. The number of rotatable bonds is 1. The summed E-state index contributed by atoms with van der Waals surface area (Å²) in [5, 5.41) is 9.71. The summed E-state index contributed by atoms with van der Waals surface area (Å²) >= 11 is 0. The van der Waals surface area contributed by atoms with Crippen molar-refractivity contribution in [1.29, 1.82) is 0 Å². The molecule has 2 heteroatoms. The predicted octanol–water partition coefficient (Wildman–Crippen LogP) is 3.27. The summed E-state index contributed by atoms with van der Waals surface area (Å²) in [7, 11) is 0. The van der Waals surface area contributed by atoms with Gasteiger partial charge in [-0.1, -0.05) is 13.8 Å². The van der Waals surface area contributed by atoms with E-state index in [1.54, 1.807) is 13.8 Å². The lowest BCUT2D eigenvalue weighted by Gasteiger charge is -2.13. The molecule has 0 radical (unpaired) electrons. The lowest BCUT2D eigenvalue weighted by atomic mass is 9.96. The van der Waals surface area contributed by atoms with Crippen molar-refractivity contribution < 1.29 is 9.50 Å². The minimum atomic E-state index is -0.237. The first-order valence-electron chi connectivity index (χ1n) is 4.43. The molecule has 0 spiro atoms. The monoisotopic (exact) mass is 182 g/mol. The van der Waals surface area contributed by atoms with Gasteiger partial charge in [0, 0.05) is 0 Å². The standard InChI is InChI=1S/C11H15FO/c1-6(2)9-5-10(12)7(3)8(4)11(9)13/h5-6,13H,1-4H3. The zero-order chi connectivity index (χ0) is 10.2. The first kappa shape index (κ1) is 10.0. The molecule has 0 fully saturated rings. The van der Waals surface area contributed by atoms with Crippen molar-refractivity contribution in [2.24, 2.45) is 0 Å². The highest BCUT2D eigenvalue weighted by Crippen LogP contribution is 2.31. The molecule has 0 heterocycles. The fourth-order valence-corrected chi connectivity index (χ4v) is 1.33. The van der Waals surface area contributed by atoms with Crippen molar-refractivity contribution in [2.75, 3.05) is 0 Å². The summed E-state index contributed by atoms with van der Waals surface area (Å²) in [6, 6.07) is 1.42. The van der Waals surface area contributed by atoms with Gasteiger partial charge in [0.2, 0.25) is 0 Å². The smallest absolute Gasteiger partial charge is 0.126 e. The fraction of sp³-hybridized carbons (Fsp3) is 0.455. The number of hydrogen-bond acceptors (Lipinski definition) is 1. The van der Waals surface area contributed by atoms with Crippen LogP contribution in [0.1, 0.15) is 36.5 Å². The quantitative estimate of drug-likeness (QED) is 0.706. The van der Waals surface area contributed by atoms with Crippen molar-refractivity contribution >= 4 is 0 Å². The van der Waals surface area contributed by atoms with Gasteiger partial charge in [0.25, 0.3) is 0 Å². The average molecular weight is 182 g/mol. The van der Waals surface area contributed by atoms with E-state index in [9.17, 15) is 9.50 Å². The molecule has 0 aliphatic rings. The molecule has 0 amide bonds. The highest BCUT2D eigenvalue weighted by molar-refractivity contribution is 5.46. The minimum absolute atomic E-state index is 0.147. The van der Waals surface area contributed by atoms with Gasteiger partial charge in [0.1, 0.15) is 11.6 Å². The molecular weight excluding hydrogens is 167 g/mol. The third kappa shape index (κ3) is 1.67. The van der Waals surface area contributed by atoms with Crippen molar-refractivity contribution in [3.8, 4) is 5.75 Å². The van der Waals surface area contributed by atoms with Gasteiger partial charge in [-0.25, -0.2) is 4.39 Å². The molecule has 0 aromatic heterocycles. The molecule has 1 N–H and O–H groups in total. The second-order valence-electron chi connectivity index (χ2n) is 3.70. The molecule has 0 atom stereocenters. The second kappa shape index (κ2) is 3.36. The summed E-state index contributed by atoms with van der Waals surface area (Å²) in [5.41, 5.74) is 1.85. The molecule has 0 bridgehead atoms. The topological polar surface area (TPSA) is 20.2 Å². The van der Waals surface area contributed by atoms with E-state index in [0.717, 1.165) is 0 Å². The SMILES string of the molecule is Cc1c(F)cc(C(C)C)c(O)c1C. The molecule has 0 aliphatic carbocycles. The van der Waals surface area contributed by atoms with Crippen LogP contribution in [0.15, 0.2) is 6.07 Å². The van der Waals surface area contributed by atoms with Crippen molar-refractivity contribution in [1.82, 2.24) is 0 Å². The molecule has 1 rings (SSSR count). The average Bonchev–Trinajstić information content (AvgIpc) is 2.07. The summed E-state index contributed by atoms with van der Waals surface area (Å²) in [6.45, 7) is 7.28. The van der Waals surface area contributed by atoms with Crippen LogP contribution in [-0.2, 0) is 0 Å². The van der Waals surface area contributed by atoms with E-state index in [1.807, 2.05) is 13.8 Å². The van der Waals surface area contributed by atoms with Crippen molar-refractivity contribution in [3.05, 3.63) is 28.6 Å². The second-order valence-corrected chi connectivity index (χ2v) is 3.70. The van der Waals surface area contributed by atoms with Crippen LogP contribution in [0, 0.1) is 19.7 Å². The van der Waals surface area contributed by atoms with Gasteiger partial charge in [-0.05, 0) is 42.5 Å². The van der Waals surface area contributed by atoms with Gasteiger partial charge in [0.05, 0.1) is 0 Å². The molecule has 13 heavy (non-hydrogen) atoms. The highest BCUT2D eigenvalue weighted by Gasteiger charge is 2.13. The fourth-order valence-electron chi connectivity index (χ4n) is 1.33. The molecule has 1 nitrogen and oxygen atoms in total.